The summed E-state index contributed by atoms with van der Waals surface area (Å²) >= 11 is 1.22. The van der Waals surface area contributed by atoms with E-state index < -0.39 is 5.25 Å². The van der Waals surface area contributed by atoms with Gasteiger partial charge in [-0.15, -0.1) is 10.2 Å². The van der Waals surface area contributed by atoms with Crippen LogP contribution in [0, 0.1) is 5.82 Å². The van der Waals surface area contributed by atoms with E-state index in [4.69, 9.17) is 0 Å². The highest BCUT2D eigenvalue weighted by Gasteiger charge is 2.20. The number of rotatable bonds is 6. The van der Waals surface area contributed by atoms with Crippen LogP contribution in [0.5, 0.6) is 0 Å². The van der Waals surface area contributed by atoms with E-state index in [-0.39, 0.29) is 17.5 Å². The van der Waals surface area contributed by atoms with E-state index in [2.05, 4.69) is 15.5 Å². The summed E-state index contributed by atoms with van der Waals surface area (Å²) in [5, 5.41) is 11.0. The van der Waals surface area contributed by atoms with Gasteiger partial charge in [0.2, 0.25) is 5.91 Å². The second-order valence-corrected chi connectivity index (χ2v) is 7.54. The Labute approximate surface area is 166 Å². The number of carbonyl (C=O) groups is 2. The number of nitrogens with one attached hydrogen (secondary N) is 1. The quantitative estimate of drug-likeness (QED) is 0.503. The van der Waals surface area contributed by atoms with Gasteiger partial charge in [-0.3, -0.25) is 9.59 Å². The Hall–Kier alpha value is -3.00. The lowest BCUT2D eigenvalue weighted by atomic mass is 10.1. The van der Waals surface area contributed by atoms with E-state index in [1.165, 1.54) is 24.8 Å². The van der Waals surface area contributed by atoms with Crippen molar-refractivity contribution < 1.29 is 14.0 Å². The van der Waals surface area contributed by atoms with Gasteiger partial charge in [0.05, 0.1) is 10.8 Å². The molecule has 0 saturated carbocycles. The monoisotopic (exact) mass is 398 g/mol. The maximum Gasteiger partial charge on any atom is 0.237 e. The predicted molar refractivity (Wildman–Crippen MR) is 107 cm³/mol. The molecule has 28 heavy (non-hydrogen) atoms. The standard InChI is InChI=1S/C20H19FN4O2S/c1-12(26)14-7-6-8-15(11-14)22-19(27)13(2)28-20-24-23-18(25(20)3)16-9-4-5-10-17(16)21/h4-11,13H,1-3H3,(H,22,27)/t13-/m1/s1. The number of aromatic nitrogens is 3. The molecular weight excluding hydrogens is 379 g/mol. The molecule has 3 aromatic rings. The zero-order valence-electron chi connectivity index (χ0n) is 15.6. The minimum atomic E-state index is -0.475. The molecule has 3 rings (SSSR count). The summed E-state index contributed by atoms with van der Waals surface area (Å²) in [5.41, 5.74) is 1.43. The highest BCUT2D eigenvalue weighted by Crippen LogP contribution is 2.27. The van der Waals surface area contributed by atoms with Crippen molar-refractivity contribution in [3.8, 4) is 11.4 Å². The van der Waals surface area contributed by atoms with Crippen LogP contribution in [-0.4, -0.2) is 31.7 Å². The molecule has 1 heterocycles. The number of halogens is 1. The molecule has 0 aliphatic carbocycles. The SMILES string of the molecule is CC(=O)c1cccc(NC(=O)[C@@H](C)Sc2nnc(-c3ccccc3F)n2C)c1. The van der Waals surface area contributed by atoms with E-state index in [1.807, 2.05) is 0 Å². The van der Waals surface area contributed by atoms with Crippen LogP contribution in [0.4, 0.5) is 10.1 Å². The summed E-state index contributed by atoms with van der Waals surface area (Å²) in [5.74, 6) is -0.299. The van der Waals surface area contributed by atoms with Gasteiger partial charge in [-0.2, -0.15) is 0 Å². The molecule has 0 radical (unpaired) electrons. The highest BCUT2D eigenvalue weighted by molar-refractivity contribution is 8.00. The Kier molecular flexibility index (Phi) is 5.89. The van der Waals surface area contributed by atoms with Gasteiger partial charge < -0.3 is 9.88 Å². The van der Waals surface area contributed by atoms with E-state index in [0.717, 1.165) is 0 Å². The number of carbonyl (C=O) groups excluding carboxylic acids is 2. The summed E-state index contributed by atoms with van der Waals surface area (Å²) in [4.78, 5) is 24.0. The van der Waals surface area contributed by atoms with Crippen LogP contribution in [0.15, 0.2) is 53.7 Å². The maximum absolute atomic E-state index is 14.0. The van der Waals surface area contributed by atoms with E-state index in [1.54, 1.807) is 61.0 Å². The van der Waals surface area contributed by atoms with Crippen molar-refractivity contribution >= 4 is 29.1 Å². The van der Waals surface area contributed by atoms with Crippen molar-refractivity contribution in [1.29, 1.82) is 0 Å². The average Bonchev–Trinajstić information content (AvgIpc) is 3.02. The normalized spacial score (nSPS) is 11.9. The van der Waals surface area contributed by atoms with E-state index in [0.29, 0.717) is 27.8 Å². The number of anilines is 1. The van der Waals surface area contributed by atoms with Crippen molar-refractivity contribution in [3.05, 3.63) is 59.9 Å². The van der Waals surface area contributed by atoms with Crippen molar-refractivity contribution in [2.45, 2.75) is 24.3 Å². The Morgan fingerprint density at radius 3 is 2.61 bits per heavy atom. The molecule has 0 fully saturated rings. The van der Waals surface area contributed by atoms with Gasteiger partial charge in [-0.25, -0.2) is 4.39 Å². The van der Waals surface area contributed by atoms with Crippen molar-refractivity contribution in [2.24, 2.45) is 7.05 Å². The Bertz CT molecular complexity index is 1030. The zero-order chi connectivity index (χ0) is 20.3. The Morgan fingerprint density at radius 1 is 1.14 bits per heavy atom. The molecule has 144 valence electrons. The van der Waals surface area contributed by atoms with Crippen molar-refractivity contribution in [1.82, 2.24) is 14.8 Å². The Morgan fingerprint density at radius 2 is 1.89 bits per heavy atom. The number of hydrogen-bond donors (Lipinski definition) is 1. The molecule has 1 aromatic heterocycles. The first-order valence-corrected chi connectivity index (χ1v) is 9.47. The average molecular weight is 398 g/mol. The third kappa shape index (κ3) is 4.28. The number of thioether (sulfide) groups is 1. The molecule has 8 heteroatoms. The summed E-state index contributed by atoms with van der Waals surface area (Å²) in [6.45, 7) is 3.22. The van der Waals surface area contributed by atoms with Gasteiger partial charge in [0.25, 0.3) is 0 Å². The lowest BCUT2D eigenvalue weighted by Gasteiger charge is -2.12. The fraction of sp³-hybridized carbons (Fsp3) is 0.200. The molecule has 0 aliphatic rings. The number of Topliss-reactive ketones (excluding diaryl/α,β-unsaturated/α-hetero) is 1. The van der Waals surface area contributed by atoms with Crippen molar-refractivity contribution in [2.75, 3.05) is 5.32 Å². The minimum Gasteiger partial charge on any atom is -0.325 e. The van der Waals surface area contributed by atoms with Gasteiger partial charge in [-0.05, 0) is 38.1 Å². The number of nitrogens with zero attached hydrogens (tertiary/aromatic N) is 3. The topological polar surface area (TPSA) is 76.9 Å². The maximum atomic E-state index is 14.0. The number of hydrogen-bond acceptors (Lipinski definition) is 5. The van der Waals surface area contributed by atoms with E-state index in [9.17, 15) is 14.0 Å². The fourth-order valence-corrected chi connectivity index (χ4v) is 3.38. The molecule has 0 spiro atoms. The molecule has 1 N–H and O–H groups in total. The number of amides is 1. The third-order valence-corrected chi connectivity index (χ3v) is 5.27. The first-order valence-electron chi connectivity index (χ1n) is 8.59. The van der Waals surface area contributed by atoms with Gasteiger partial charge in [-0.1, -0.05) is 36.0 Å². The lowest BCUT2D eigenvalue weighted by molar-refractivity contribution is -0.115. The molecule has 1 amide bonds. The largest absolute Gasteiger partial charge is 0.325 e. The van der Waals surface area contributed by atoms with Gasteiger partial charge in [0, 0.05) is 18.3 Å². The zero-order valence-corrected chi connectivity index (χ0v) is 16.5. The smallest absolute Gasteiger partial charge is 0.237 e. The molecule has 6 nitrogen and oxygen atoms in total. The van der Waals surface area contributed by atoms with Crippen LogP contribution in [0.2, 0.25) is 0 Å². The minimum absolute atomic E-state index is 0.0710. The molecule has 1 atom stereocenters. The summed E-state index contributed by atoms with van der Waals surface area (Å²) in [6, 6.07) is 13.1. The Balaban J connectivity index is 1.72. The highest BCUT2D eigenvalue weighted by atomic mass is 32.2. The predicted octanol–water partition coefficient (Wildman–Crippen LogP) is 3.94. The fourth-order valence-electron chi connectivity index (χ4n) is 2.57. The second-order valence-electron chi connectivity index (χ2n) is 6.23. The molecule has 0 saturated heterocycles. The lowest BCUT2D eigenvalue weighted by Crippen LogP contribution is -2.23. The molecule has 0 aliphatic heterocycles. The van der Waals surface area contributed by atoms with Crippen LogP contribution in [0.3, 0.4) is 0 Å². The van der Waals surface area contributed by atoms with Crippen molar-refractivity contribution in [3.63, 3.8) is 0 Å². The summed E-state index contributed by atoms with van der Waals surface area (Å²) < 4.78 is 15.7. The van der Waals surface area contributed by atoms with Crippen LogP contribution < -0.4 is 5.32 Å². The molecular formula is C20H19FN4O2S. The molecule has 0 unspecified atom stereocenters. The summed E-state index contributed by atoms with van der Waals surface area (Å²) in [7, 11) is 1.73. The van der Waals surface area contributed by atoms with E-state index >= 15 is 0 Å². The molecule has 0 bridgehead atoms. The van der Waals surface area contributed by atoms with Gasteiger partial charge in [0.15, 0.2) is 16.8 Å². The van der Waals surface area contributed by atoms with Crippen LogP contribution in [-0.2, 0) is 11.8 Å². The molecule has 2 aromatic carbocycles. The third-order valence-electron chi connectivity index (χ3n) is 4.14. The first-order chi connectivity index (χ1) is 13.4. The number of benzene rings is 2. The second kappa shape index (κ2) is 8.35. The summed E-state index contributed by atoms with van der Waals surface area (Å²) in [6.07, 6.45) is 0. The first kappa shape index (κ1) is 19.8. The van der Waals surface area contributed by atoms with Crippen LogP contribution >= 0.6 is 11.8 Å². The van der Waals surface area contributed by atoms with Crippen LogP contribution in [0.1, 0.15) is 24.2 Å². The van der Waals surface area contributed by atoms with Gasteiger partial charge >= 0.3 is 0 Å². The van der Waals surface area contributed by atoms with Crippen LogP contribution in [0.25, 0.3) is 11.4 Å². The van der Waals surface area contributed by atoms with Gasteiger partial charge in [0.1, 0.15) is 5.82 Å². The number of ketones is 1.